The molecule has 0 radical (unpaired) electrons. The van der Waals surface area contributed by atoms with Crippen LogP contribution in [0.1, 0.15) is 59.3 Å². The maximum atomic E-state index is 13.5. The first kappa shape index (κ1) is 30.9. The first-order chi connectivity index (χ1) is 20.9. The number of carbonyl (C=O) groups is 2. The van der Waals surface area contributed by atoms with Gasteiger partial charge < -0.3 is 20.1 Å². The number of H-pyrrole nitrogens is 1. The van der Waals surface area contributed by atoms with Crippen LogP contribution in [0.25, 0.3) is 11.6 Å². The molecule has 3 aliphatic rings. The van der Waals surface area contributed by atoms with E-state index >= 15 is 0 Å². The van der Waals surface area contributed by atoms with Crippen molar-refractivity contribution in [3.05, 3.63) is 80.1 Å². The van der Waals surface area contributed by atoms with E-state index in [9.17, 15) is 18.0 Å². The number of fused-ring (bicyclic) bond motifs is 1. The summed E-state index contributed by atoms with van der Waals surface area (Å²) < 4.78 is 26.8. The predicted molar refractivity (Wildman–Crippen MR) is 175 cm³/mol. The summed E-state index contributed by atoms with van der Waals surface area (Å²) >= 11 is 12.5. The smallest absolute Gasteiger partial charge is 0.256 e. The largest absolute Gasteiger partial charge is 0.359 e. The minimum Gasteiger partial charge on any atom is -0.359 e. The molecule has 0 unspecified atom stereocenters. The summed E-state index contributed by atoms with van der Waals surface area (Å²) in [6.45, 7) is 5.58. The maximum Gasteiger partial charge on any atom is 0.256 e. The Morgan fingerprint density at radius 2 is 1.82 bits per heavy atom. The SMILES string of the molecule is Cc1[nH]c(/C=C2\C(=O)Nc3ccc(S(=O)(=O)Cc4c(Cl)cccc4Cl)cc32)c(C)c1CC(=O)N1CCC[C@H]1CN(C)C1CC1. The van der Waals surface area contributed by atoms with E-state index in [2.05, 4.69) is 22.2 Å². The number of rotatable bonds is 9. The van der Waals surface area contributed by atoms with Gasteiger partial charge in [-0.2, -0.15) is 0 Å². The number of nitrogens with one attached hydrogen (secondary N) is 2. The number of benzene rings is 2. The molecule has 11 heteroatoms. The zero-order chi connectivity index (χ0) is 31.3. The molecule has 3 aromatic rings. The normalized spacial score (nSPS) is 19.2. The van der Waals surface area contributed by atoms with Crippen molar-refractivity contribution in [2.75, 3.05) is 25.5 Å². The molecule has 6 rings (SSSR count). The number of hydrogen-bond acceptors (Lipinski definition) is 5. The minimum atomic E-state index is -3.83. The van der Waals surface area contributed by atoms with Crippen molar-refractivity contribution < 1.29 is 18.0 Å². The van der Waals surface area contributed by atoms with Crippen molar-refractivity contribution in [2.24, 2.45) is 0 Å². The number of aryl methyl sites for hydroxylation is 1. The van der Waals surface area contributed by atoms with Gasteiger partial charge >= 0.3 is 0 Å². The van der Waals surface area contributed by atoms with Gasteiger partial charge in [0.15, 0.2) is 9.84 Å². The molecule has 1 aliphatic carbocycles. The number of likely N-dealkylation sites (N-methyl/N-ethyl adjacent to an activating group) is 1. The van der Waals surface area contributed by atoms with Crippen molar-refractivity contribution >= 4 is 62.2 Å². The molecular weight excluding hydrogens is 619 g/mol. The summed E-state index contributed by atoms with van der Waals surface area (Å²) in [6.07, 6.45) is 6.57. The predicted octanol–water partition coefficient (Wildman–Crippen LogP) is 6.03. The number of halogens is 2. The molecule has 1 atom stereocenters. The summed E-state index contributed by atoms with van der Waals surface area (Å²) in [4.78, 5) is 34.4. The van der Waals surface area contributed by atoms with Crippen molar-refractivity contribution in [1.82, 2.24) is 14.8 Å². The third-order valence-corrected chi connectivity index (χ3v) is 11.5. The van der Waals surface area contributed by atoms with E-state index in [0.29, 0.717) is 34.1 Å². The van der Waals surface area contributed by atoms with E-state index in [-0.39, 0.29) is 45.0 Å². The number of likely N-dealkylation sites (tertiary alicyclic amines) is 1. The Kier molecular flexibility index (Phi) is 8.43. The summed E-state index contributed by atoms with van der Waals surface area (Å²) in [5.41, 5.74) is 5.11. The number of aromatic nitrogens is 1. The van der Waals surface area contributed by atoms with Crippen LogP contribution in [-0.4, -0.2) is 67.2 Å². The zero-order valence-electron chi connectivity index (χ0n) is 25.0. The summed E-state index contributed by atoms with van der Waals surface area (Å²) in [7, 11) is -1.67. The lowest BCUT2D eigenvalue weighted by Crippen LogP contribution is -2.43. The van der Waals surface area contributed by atoms with Gasteiger partial charge in [-0.15, -0.1) is 0 Å². The molecule has 2 N–H and O–H groups in total. The molecule has 2 aliphatic heterocycles. The second-order valence-corrected chi connectivity index (χ2v) is 15.0. The number of nitrogens with zero attached hydrogens (tertiary/aromatic N) is 2. The summed E-state index contributed by atoms with van der Waals surface area (Å²) in [5, 5.41) is 3.38. The van der Waals surface area contributed by atoms with Gasteiger partial charge in [0.25, 0.3) is 5.91 Å². The number of aromatic amines is 1. The fourth-order valence-corrected chi connectivity index (χ4v) is 8.54. The Morgan fingerprint density at radius 3 is 2.52 bits per heavy atom. The first-order valence-electron chi connectivity index (χ1n) is 14.9. The Hall–Kier alpha value is -3.11. The highest BCUT2D eigenvalue weighted by Crippen LogP contribution is 2.37. The van der Waals surface area contributed by atoms with Crippen LogP contribution < -0.4 is 5.32 Å². The second kappa shape index (κ2) is 12.0. The molecule has 2 amide bonds. The van der Waals surface area contributed by atoms with Crippen molar-refractivity contribution in [3.63, 3.8) is 0 Å². The molecule has 1 saturated heterocycles. The lowest BCUT2D eigenvalue weighted by Gasteiger charge is -2.29. The molecule has 0 bridgehead atoms. The highest BCUT2D eigenvalue weighted by molar-refractivity contribution is 7.90. The number of carbonyl (C=O) groups excluding carboxylic acids is 2. The number of anilines is 1. The third kappa shape index (κ3) is 6.07. The molecule has 2 fully saturated rings. The van der Waals surface area contributed by atoms with E-state index < -0.39 is 9.84 Å². The van der Waals surface area contributed by atoms with Crippen LogP contribution in [0.3, 0.4) is 0 Å². The summed E-state index contributed by atoms with van der Waals surface area (Å²) in [5.74, 6) is -0.572. The number of sulfone groups is 1. The fourth-order valence-electron chi connectivity index (χ4n) is 6.42. The second-order valence-electron chi connectivity index (χ2n) is 12.2. The van der Waals surface area contributed by atoms with Gasteiger partial charge in [0, 0.05) is 63.4 Å². The van der Waals surface area contributed by atoms with Crippen LogP contribution in [0, 0.1) is 13.8 Å². The van der Waals surface area contributed by atoms with E-state index in [1.54, 1.807) is 30.3 Å². The average Bonchev–Trinajstić information content (AvgIpc) is 3.58. The van der Waals surface area contributed by atoms with E-state index in [1.807, 2.05) is 18.7 Å². The van der Waals surface area contributed by atoms with Crippen LogP contribution in [0.15, 0.2) is 41.3 Å². The zero-order valence-corrected chi connectivity index (χ0v) is 27.4. The van der Waals surface area contributed by atoms with Gasteiger partial charge in [-0.3, -0.25) is 9.59 Å². The molecule has 1 aromatic heterocycles. The van der Waals surface area contributed by atoms with Crippen LogP contribution in [0.2, 0.25) is 10.0 Å². The van der Waals surface area contributed by atoms with Crippen LogP contribution in [-0.2, 0) is 31.6 Å². The standard InChI is InChI=1S/C33H36Cl2N4O4S/c1-19-24(16-32(40)39-13-5-6-22(39)17-38(3)21-9-10-21)20(2)36-31(19)15-26-25-14-23(11-12-30(25)37-33(26)41)44(42,43)18-27-28(34)7-4-8-29(27)35/h4,7-8,11-12,14-15,21-22,36H,5-6,9-10,13,16-18H2,1-3H3,(H,37,41)/b26-15-/t22-/m0/s1. The van der Waals surface area contributed by atoms with Crippen LogP contribution >= 0.6 is 23.2 Å². The number of hydrogen-bond donors (Lipinski definition) is 2. The Balaban J connectivity index is 1.24. The summed E-state index contributed by atoms with van der Waals surface area (Å²) in [6, 6.07) is 10.4. The van der Waals surface area contributed by atoms with E-state index in [1.165, 1.54) is 25.0 Å². The van der Waals surface area contributed by atoms with Crippen molar-refractivity contribution in [1.29, 1.82) is 0 Å². The van der Waals surface area contributed by atoms with Gasteiger partial charge in [-0.1, -0.05) is 29.3 Å². The van der Waals surface area contributed by atoms with Gasteiger partial charge in [0.1, 0.15) is 0 Å². The fraction of sp³-hybridized carbons (Fsp3) is 0.394. The molecule has 44 heavy (non-hydrogen) atoms. The van der Waals surface area contributed by atoms with Crippen molar-refractivity contribution in [2.45, 2.75) is 68.7 Å². The molecule has 3 heterocycles. The molecule has 2 aromatic carbocycles. The van der Waals surface area contributed by atoms with E-state index in [4.69, 9.17) is 23.2 Å². The lowest BCUT2D eigenvalue weighted by atomic mass is 10.0. The van der Waals surface area contributed by atoms with Crippen molar-refractivity contribution in [3.8, 4) is 0 Å². The Morgan fingerprint density at radius 1 is 1.09 bits per heavy atom. The first-order valence-corrected chi connectivity index (χ1v) is 17.3. The quantitative estimate of drug-likeness (QED) is 0.274. The molecule has 8 nitrogen and oxygen atoms in total. The van der Waals surface area contributed by atoms with E-state index in [0.717, 1.165) is 42.8 Å². The van der Waals surface area contributed by atoms with Crippen LogP contribution in [0.5, 0.6) is 0 Å². The minimum absolute atomic E-state index is 0.0628. The topological polar surface area (TPSA) is 103 Å². The van der Waals surface area contributed by atoms with Gasteiger partial charge in [0.2, 0.25) is 5.91 Å². The monoisotopic (exact) mass is 654 g/mol. The van der Waals surface area contributed by atoms with Gasteiger partial charge in [-0.25, -0.2) is 8.42 Å². The molecular formula is C33H36Cl2N4O4S. The molecule has 232 valence electrons. The highest BCUT2D eigenvalue weighted by Gasteiger charge is 2.34. The lowest BCUT2D eigenvalue weighted by molar-refractivity contribution is -0.131. The average molecular weight is 656 g/mol. The van der Waals surface area contributed by atoms with Gasteiger partial charge in [-0.05, 0) is 94.1 Å². The Labute approximate surface area is 268 Å². The number of amides is 2. The maximum absolute atomic E-state index is 13.5. The third-order valence-electron chi connectivity index (χ3n) is 9.14. The molecule has 1 saturated carbocycles. The van der Waals surface area contributed by atoms with Gasteiger partial charge in [0.05, 0.1) is 22.6 Å². The van der Waals surface area contributed by atoms with Crippen LogP contribution in [0.4, 0.5) is 5.69 Å². The Bertz CT molecular complexity index is 1770. The highest BCUT2D eigenvalue weighted by atomic mass is 35.5. The molecule has 0 spiro atoms.